The van der Waals surface area contributed by atoms with Crippen LogP contribution in [-0.2, 0) is 11.3 Å². The molecule has 2 amide bonds. The summed E-state index contributed by atoms with van der Waals surface area (Å²) in [5.74, 6) is 11.7. The van der Waals surface area contributed by atoms with Crippen LogP contribution in [0.5, 0.6) is 5.75 Å². The van der Waals surface area contributed by atoms with Gasteiger partial charge in [0.25, 0.3) is 0 Å². The van der Waals surface area contributed by atoms with Gasteiger partial charge in [0.05, 0.1) is 24.1 Å². The second kappa shape index (κ2) is 10.6. The Bertz CT molecular complexity index is 1030. The molecular weight excluding hydrogens is 415 g/mol. The molecule has 0 aliphatic carbocycles. The van der Waals surface area contributed by atoms with Gasteiger partial charge >= 0.3 is 6.03 Å². The van der Waals surface area contributed by atoms with Crippen molar-refractivity contribution in [2.24, 2.45) is 11.7 Å². The quantitative estimate of drug-likeness (QED) is 0.163. The zero-order valence-electron chi connectivity index (χ0n) is 18.8. The predicted octanol–water partition coefficient (Wildman–Crippen LogP) is 2.78. The first kappa shape index (κ1) is 24.6. The van der Waals surface area contributed by atoms with Crippen LogP contribution >= 0.6 is 0 Å². The van der Waals surface area contributed by atoms with E-state index < -0.39 is 11.8 Å². The van der Waals surface area contributed by atoms with E-state index in [1.165, 1.54) is 32.4 Å². The third-order valence-corrected chi connectivity index (χ3v) is 4.84. The molecule has 10 heteroatoms. The Morgan fingerprint density at radius 2 is 1.94 bits per heavy atom. The summed E-state index contributed by atoms with van der Waals surface area (Å²) in [4.78, 5) is 12.1. The van der Waals surface area contributed by atoms with E-state index in [0.717, 1.165) is 15.6 Å². The fraction of sp³-hybridized carbons (Fsp3) is 0.273. The lowest BCUT2D eigenvalue weighted by Gasteiger charge is -2.23. The number of nitrogens with zero attached hydrogens (tertiary/aromatic N) is 2. The highest BCUT2D eigenvalue weighted by molar-refractivity contribution is 6.10. The molecule has 0 atom stereocenters. The van der Waals surface area contributed by atoms with Gasteiger partial charge in [-0.1, -0.05) is 6.07 Å². The van der Waals surface area contributed by atoms with Crippen molar-refractivity contribution in [2.45, 2.75) is 20.5 Å². The first-order chi connectivity index (χ1) is 15.1. The van der Waals surface area contributed by atoms with Crippen molar-refractivity contribution in [2.75, 3.05) is 26.2 Å². The van der Waals surface area contributed by atoms with Crippen LogP contribution in [0.3, 0.4) is 0 Å². The van der Waals surface area contributed by atoms with Gasteiger partial charge < -0.3 is 14.8 Å². The Kier molecular flexibility index (Phi) is 8.16. The molecule has 0 heterocycles. The number of nitrogens with one attached hydrogen (secondary N) is 2. The number of anilines is 1. The van der Waals surface area contributed by atoms with Gasteiger partial charge in [0.15, 0.2) is 5.88 Å². The predicted molar refractivity (Wildman–Crippen MR) is 122 cm³/mol. The molecule has 0 saturated carbocycles. The van der Waals surface area contributed by atoms with Gasteiger partial charge in [0, 0.05) is 25.2 Å². The smallest absolute Gasteiger partial charge is 0.352 e. The van der Waals surface area contributed by atoms with E-state index in [1.54, 1.807) is 32.2 Å². The van der Waals surface area contributed by atoms with E-state index in [9.17, 15) is 9.18 Å². The van der Waals surface area contributed by atoms with Crippen molar-refractivity contribution in [1.82, 2.24) is 10.3 Å². The largest absolute Gasteiger partial charge is 0.488 e. The fourth-order valence-corrected chi connectivity index (χ4v) is 3.08. The number of hydrazine groups is 2. The number of nitrogens with two attached hydrogens (primary N) is 2. The van der Waals surface area contributed by atoms with Crippen LogP contribution in [-0.4, -0.2) is 38.0 Å². The van der Waals surface area contributed by atoms with Gasteiger partial charge in [0.1, 0.15) is 18.2 Å². The highest BCUT2D eigenvalue weighted by Gasteiger charge is 2.20. The molecule has 0 radical (unpaired) electrons. The molecule has 32 heavy (non-hydrogen) atoms. The molecule has 9 nitrogen and oxygen atoms in total. The average Bonchev–Trinajstić information content (AvgIpc) is 2.77. The third-order valence-electron chi connectivity index (χ3n) is 4.84. The molecule has 0 aliphatic heterocycles. The SMILES string of the molecule is CN/C(OC)=C(/C)C(=N)c1ccc(OCc2c(F)cccc2N(N)C(=O)N(C)N)c(C)c1. The van der Waals surface area contributed by atoms with Gasteiger partial charge in [0.2, 0.25) is 0 Å². The normalized spacial score (nSPS) is 11.4. The average molecular weight is 445 g/mol. The summed E-state index contributed by atoms with van der Waals surface area (Å²) in [7, 11) is 4.59. The van der Waals surface area contributed by atoms with Gasteiger partial charge in [-0.05, 0) is 49.7 Å². The Morgan fingerprint density at radius 1 is 1.25 bits per heavy atom. The number of ether oxygens (including phenoxy) is 2. The number of allylic oxidation sites excluding steroid dienone is 1. The van der Waals surface area contributed by atoms with Crippen molar-refractivity contribution >= 4 is 17.4 Å². The van der Waals surface area contributed by atoms with Crippen LogP contribution in [0.15, 0.2) is 47.9 Å². The summed E-state index contributed by atoms with van der Waals surface area (Å²) in [5.41, 5.74) is 2.63. The molecule has 0 bridgehead atoms. The number of urea groups is 1. The molecule has 0 aliphatic rings. The third kappa shape index (κ3) is 5.34. The maximum absolute atomic E-state index is 14.5. The summed E-state index contributed by atoms with van der Waals surface area (Å²) >= 11 is 0. The van der Waals surface area contributed by atoms with Gasteiger partial charge in [-0.3, -0.25) is 10.4 Å². The zero-order valence-corrected chi connectivity index (χ0v) is 18.8. The second-order valence-corrected chi connectivity index (χ2v) is 7.05. The Labute approximate surface area is 186 Å². The number of hydrogen-bond donors (Lipinski definition) is 4. The lowest BCUT2D eigenvalue weighted by atomic mass is 10.0. The van der Waals surface area contributed by atoms with Gasteiger partial charge in [-0.25, -0.2) is 25.9 Å². The Hall–Kier alpha value is -3.63. The number of hydrogen-bond acceptors (Lipinski definition) is 7. The lowest BCUT2D eigenvalue weighted by Crippen LogP contribution is -2.49. The molecule has 0 saturated heterocycles. The molecule has 2 rings (SSSR count). The number of aryl methyl sites for hydroxylation is 1. The van der Waals surface area contributed by atoms with E-state index in [2.05, 4.69) is 5.32 Å². The van der Waals surface area contributed by atoms with E-state index >= 15 is 0 Å². The number of benzene rings is 2. The minimum atomic E-state index is -0.712. The summed E-state index contributed by atoms with van der Waals surface area (Å²) in [6.07, 6.45) is 0. The van der Waals surface area contributed by atoms with Crippen LogP contribution in [0.2, 0.25) is 0 Å². The van der Waals surface area contributed by atoms with E-state index in [4.69, 9.17) is 26.6 Å². The topological polar surface area (TPSA) is 130 Å². The number of halogens is 1. The molecule has 0 unspecified atom stereocenters. The lowest BCUT2D eigenvalue weighted by molar-refractivity contribution is 0.216. The van der Waals surface area contributed by atoms with E-state index in [0.29, 0.717) is 28.5 Å². The molecule has 2 aromatic carbocycles. The van der Waals surface area contributed by atoms with Crippen molar-refractivity contribution in [3.05, 3.63) is 70.4 Å². The van der Waals surface area contributed by atoms with Crippen LogP contribution in [0.1, 0.15) is 23.6 Å². The summed E-state index contributed by atoms with van der Waals surface area (Å²) in [5, 5.41) is 12.9. The Balaban J connectivity index is 2.27. The summed E-state index contributed by atoms with van der Waals surface area (Å²) in [6, 6.07) is 8.74. The van der Waals surface area contributed by atoms with Crippen molar-refractivity contribution in [1.29, 1.82) is 5.41 Å². The minimum Gasteiger partial charge on any atom is -0.488 e. The number of rotatable bonds is 8. The molecule has 172 valence electrons. The number of methoxy groups -OCH3 is 1. The van der Waals surface area contributed by atoms with E-state index in [-0.39, 0.29) is 17.9 Å². The maximum atomic E-state index is 14.5. The standard InChI is InChI=1S/C22H29FN6O3/c1-13-11-15(20(24)14(2)21(27-3)31-5)9-10-19(13)32-12-16-17(23)7-6-8-18(16)29(26)22(30)28(4)25/h6-11,24,27H,12,25-26H2,1-5H3/b21-14+,24-20?. The van der Waals surface area contributed by atoms with Crippen LogP contribution in [0, 0.1) is 18.2 Å². The Morgan fingerprint density at radius 3 is 2.50 bits per heavy atom. The van der Waals surface area contributed by atoms with Crippen molar-refractivity contribution in [3.63, 3.8) is 0 Å². The monoisotopic (exact) mass is 444 g/mol. The molecular formula is C22H29FN6O3. The van der Waals surface area contributed by atoms with Crippen LogP contribution < -0.4 is 26.7 Å². The van der Waals surface area contributed by atoms with Crippen molar-refractivity contribution < 1.29 is 18.7 Å². The second-order valence-electron chi connectivity index (χ2n) is 7.05. The number of carbonyl (C=O) groups excluding carboxylic acids is 1. The van der Waals surface area contributed by atoms with Crippen LogP contribution in [0.4, 0.5) is 14.9 Å². The van der Waals surface area contributed by atoms with Gasteiger partial charge in [-0.2, -0.15) is 0 Å². The first-order valence-electron chi connectivity index (χ1n) is 9.72. The highest BCUT2D eigenvalue weighted by Crippen LogP contribution is 2.26. The molecule has 2 aromatic rings. The minimum absolute atomic E-state index is 0.110. The summed E-state index contributed by atoms with van der Waals surface area (Å²) in [6.45, 7) is 3.45. The van der Waals surface area contributed by atoms with E-state index in [1.807, 2.05) is 6.92 Å². The first-order valence-corrected chi connectivity index (χ1v) is 9.72. The van der Waals surface area contributed by atoms with Gasteiger partial charge in [-0.15, -0.1) is 0 Å². The van der Waals surface area contributed by atoms with Crippen LogP contribution in [0.25, 0.3) is 0 Å². The number of amides is 2. The summed E-state index contributed by atoms with van der Waals surface area (Å²) < 4.78 is 25.6. The highest BCUT2D eigenvalue weighted by atomic mass is 19.1. The molecule has 0 aromatic heterocycles. The fourth-order valence-electron chi connectivity index (χ4n) is 3.08. The zero-order chi connectivity index (χ0) is 24.0. The molecule has 6 N–H and O–H groups in total. The maximum Gasteiger partial charge on any atom is 0.352 e. The van der Waals surface area contributed by atoms with Crippen molar-refractivity contribution in [3.8, 4) is 5.75 Å². The number of carbonyl (C=O) groups is 1. The molecule has 0 spiro atoms. The molecule has 0 fully saturated rings.